The number of nitrogens with zero attached hydrogens (tertiary/aromatic N) is 2. The lowest BCUT2D eigenvalue weighted by atomic mass is 10.2. The highest BCUT2D eigenvalue weighted by Gasteiger charge is 2.50. The number of esters is 1. The largest absolute Gasteiger partial charge is 0.453 e. The Morgan fingerprint density at radius 3 is 1.74 bits per heavy atom. The van der Waals surface area contributed by atoms with E-state index in [2.05, 4.69) is 4.79 Å². The average Bonchev–Trinajstić information content (AvgIpc) is 2.74. The molecule has 0 amide bonds. The van der Waals surface area contributed by atoms with Gasteiger partial charge in [0.15, 0.2) is 0 Å². The van der Waals surface area contributed by atoms with Gasteiger partial charge in [-0.1, -0.05) is 97.5 Å². The van der Waals surface area contributed by atoms with E-state index in [1.807, 2.05) is 97.5 Å². The molecule has 27 heavy (non-hydrogen) atoms. The van der Waals surface area contributed by atoms with E-state index in [9.17, 15) is 10.3 Å². The van der Waals surface area contributed by atoms with Crippen LogP contribution in [-0.2, 0) is 16.1 Å². The van der Waals surface area contributed by atoms with E-state index >= 15 is 0 Å². The van der Waals surface area contributed by atoms with Gasteiger partial charge in [-0.2, -0.15) is 4.79 Å². The second-order valence-electron chi connectivity index (χ2n) is 6.37. The first-order chi connectivity index (χ1) is 13.2. The molecule has 0 aliphatic rings. The van der Waals surface area contributed by atoms with E-state index in [1.54, 1.807) is 0 Å². The van der Waals surface area contributed by atoms with Crippen LogP contribution >= 0.6 is 0 Å². The Kier molecular flexibility index (Phi) is 5.76. The SMILES string of the molecule is C[Si](C(=[N+]=[N-])C(=O)OCc1ccccc1)(c1ccccc1)c1ccccc1. The Morgan fingerprint density at radius 1 is 0.852 bits per heavy atom. The first kappa shape index (κ1) is 18.5. The van der Waals surface area contributed by atoms with Gasteiger partial charge >= 0.3 is 11.3 Å². The van der Waals surface area contributed by atoms with Crippen molar-refractivity contribution < 1.29 is 14.3 Å². The normalized spacial score (nSPS) is 10.7. The van der Waals surface area contributed by atoms with E-state index in [0.29, 0.717) is 0 Å². The van der Waals surface area contributed by atoms with Crippen molar-refractivity contribution in [3.05, 3.63) is 102 Å². The summed E-state index contributed by atoms with van der Waals surface area (Å²) in [6.45, 7) is 2.13. The number of benzene rings is 3. The number of carbonyl (C=O) groups excluding carboxylic acids is 1. The van der Waals surface area contributed by atoms with Gasteiger partial charge in [-0.15, -0.1) is 0 Å². The average molecular weight is 373 g/mol. The van der Waals surface area contributed by atoms with Gasteiger partial charge in [0.25, 0.3) is 8.07 Å². The number of carbonyl (C=O) groups is 1. The standard InChI is InChI=1S/C22H20N2O2Si/c1-27(19-13-7-3-8-14-19,20-15-9-4-10-16-20)21(24-23)22(25)26-17-18-11-5-2-6-12-18/h2-16H,17H2,1H3. The Balaban J connectivity index is 1.97. The molecule has 3 rings (SSSR count). The van der Waals surface area contributed by atoms with Crippen LogP contribution < -0.4 is 10.4 Å². The van der Waals surface area contributed by atoms with Crippen molar-refractivity contribution in [3.8, 4) is 0 Å². The molecule has 0 atom stereocenters. The molecule has 5 heteroatoms. The molecule has 3 aromatic rings. The third-order valence-electron chi connectivity index (χ3n) is 4.68. The molecule has 0 heterocycles. The van der Waals surface area contributed by atoms with Gasteiger partial charge in [0.05, 0.1) is 0 Å². The van der Waals surface area contributed by atoms with E-state index < -0.39 is 14.0 Å². The molecule has 4 nitrogen and oxygen atoms in total. The minimum absolute atomic E-state index is 0.0795. The summed E-state index contributed by atoms with van der Waals surface area (Å²) < 4.78 is 5.48. The fourth-order valence-corrected chi connectivity index (χ4v) is 6.40. The van der Waals surface area contributed by atoms with Crippen LogP contribution in [0.1, 0.15) is 5.56 Å². The molecule has 0 saturated heterocycles. The van der Waals surface area contributed by atoms with Crippen LogP contribution in [0.3, 0.4) is 0 Å². The molecular weight excluding hydrogens is 352 g/mol. The van der Waals surface area contributed by atoms with Crippen LogP contribution in [0.4, 0.5) is 0 Å². The molecule has 0 saturated carbocycles. The highest BCUT2D eigenvalue weighted by Crippen LogP contribution is 2.10. The van der Waals surface area contributed by atoms with Gasteiger partial charge in [0, 0.05) is 0 Å². The highest BCUT2D eigenvalue weighted by atomic mass is 28.3. The fraction of sp³-hybridized carbons (Fsp3) is 0.0909. The van der Waals surface area contributed by atoms with Crippen molar-refractivity contribution in [2.75, 3.05) is 0 Å². The zero-order valence-corrected chi connectivity index (χ0v) is 16.1. The topological polar surface area (TPSA) is 62.7 Å². The summed E-state index contributed by atoms with van der Waals surface area (Å²) in [5.74, 6) is -0.594. The molecule has 0 radical (unpaired) electrons. The van der Waals surface area contributed by atoms with Gasteiger partial charge in [0.2, 0.25) is 0 Å². The maximum Gasteiger partial charge on any atom is 0.411 e. The maximum absolute atomic E-state index is 12.9. The molecule has 3 aromatic carbocycles. The number of ether oxygens (including phenoxy) is 1. The van der Waals surface area contributed by atoms with Crippen LogP contribution in [0.2, 0.25) is 6.55 Å². The van der Waals surface area contributed by atoms with Gasteiger partial charge < -0.3 is 10.3 Å². The van der Waals surface area contributed by atoms with Crippen molar-refractivity contribution in [2.24, 2.45) is 0 Å². The molecule has 0 spiro atoms. The van der Waals surface area contributed by atoms with Crippen molar-refractivity contribution >= 4 is 29.8 Å². The molecule has 0 fully saturated rings. The van der Waals surface area contributed by atoms with E-state index in [0.717, 1.165) is 15.9 Å². The van der Waals surface area contributed by atoms with Crippen LogP contribution in [0.25, 0.3) is 5.53 Å². The Labute approximate surface area is 159 Å². The monoisotopic (exact) mass is 372 g/mol. The lowest BCUT2D eigenvalue weighted by Crippen LogP contribution is -2.65. The van der Waals surface area contributed by atoms with Crippen molar-refractivity contribution in [1.29, 1.82) is 0 Å². The first-order valence-electron chi connectivity index (χ1n) is 8.71. The molecule has 0 aliphatic heterocycles. The number of hydrogen-bond acceptors (Lipinski definition) is 2. The smallest absolute Gasteiger partial charge is 0.411 e. The molecule has 134 valence electrons. The number of rotatable bonds is 6. The van der Waals surface area contributed by atoms with Gasteiger partial charge in [-0.25, -0.2) is 4.79 Å². The molecule has 0 N–H and O–H groups in total. The van der Waals surface area contributed by atoms with Crippen molar-refractivity contribution in [3.63, 3.8) is 0 Å². The third kappa shape index (κ3) is 3.95. The summed E-state index contributed by atoms with van der Waals surface area (Å²) in [5, 5.41) is 2.03. The summed E-state index contributed by atoms with van der Waals surface area (Å²) >= 11 is 0. The minimum atomic E-state index is -2.81. The van der Waals surface area contributed by atoms with Gasteiger partial charge in [-0.3, -0.25) is 0 Å². The Bertz CT molecular complexity index is 914. The van der Waals surface area contributed by atoms with Crippen LogP contribution in [0.5, 0.6) is 0 Å². The summed E-state index contributed by atoms with van der Waals surface area (Å²) in [5.41, 5.74) is 10.7. The molecule has 0 bridgehead atoms. The highest BCUT2D eigenvalue weighted by molar-refractivity contribution is 7.27. The Hall–Kier alpha value is -3.27. The molecule has 0 aromatic heterocycles. The first-order valence-corrected chi connectivity index (χ1v) is 11.2. The zero-order valence-electron chi connectivity index (χ0n) is 15.1. The van der Waals surface area contributed by atoms with Gasteiger partial charge in [0.1, 0.15) is 6.61 Å². The predicted molar refractivity (Wildman–Crippen MR) is 109 cm³/mol. The second kappa shape index (κ2) is 8.41. The van der Waals surface area contributed by atoms with Gasteiger partial charge in [-0.05, 0) is 15.9 Å². The zero-order chi connectivity index (χ0) is 19.1. The number of hydrogen-bond donors (Lipinski definition) is 0. The van der Waals surface area contributed by atoms with E-state index in [4.69, 9.17) is 4.74 Å². The lowest BCUT2D eigenvalue weighted by Gasteiger charge is -2.22. The molecule has 0 unspecified atom stereocenters. The summed E-state index contributed by atoms with van der Waals surface area (Å²) in [6, 6.07) is 28.9. The minimum Gasteiger partial charge on any atom is -0.453 e. The van der Waals surface area contributed by atoms with E-state index in [1.165, 1.54) is 0 Å². The van der Waals surface area contributed by atoms with Crippen molar-refractivity contribution in [1.82, 2.24) is 0 Å². The lowest BCUT2D eigenvalue weighted by molar-refractivity contribution is -0.140. The second-order valence-corrected chi connectivity index (χ2v) is 10.2. The summed E-state index contributed by atoms with van der Waals surface area (Å²) in [6.07, 6.45) is 0. The van der Waals surface area contributed by atoms with E-state index in [-0.39, 0.29) is 11.9 Å². The van der Waals surface area contributed by atoms with Crippen LogP contribution in [-0.4, -0.2) is 24.2 Å². The third-order valence-corrected chi connectivity index (χ3v) is 8.91. The fourth-order valence-electron chi connectivity index (χ4n) is 3.12. The summed E-state index contributed by atoms with van der Waals surface area (Å²) in [4.78, 5) is 16.3. The van der Waals surface area contributed by atoms with Crippen molar-refractivity contribution in [2.45, 2.75) is 13.2 Å². The van der Waals surface area contributed by atoms with Crippen LogP contribution in [0, 0.1) is 0 Å². The van der Waals surface area contributed by atoms with Crippen LogP contribution in [0.15, 0.2) is 91.0 Å². The predicted octanol–water partition coefficient (Wildman–Crippen LogP) is 2.83. The quantitative estimate of drug-likeness (QED) is 0.220. The molecule has 0 aliphatic carbocycles. The molecular formula is C22H20N2O2Si. The maximum atomic E-state index is 12.9. The Morgan fingerprint density at radius 2 is 1.30 bits per heavy atom. The summed E-state index contributed by atoms with van der Waals surface area (Å²) in [7, 11) is -2.81.